The van der Waals surface area contributed by atoms with E-state index in [2.05, 4.69) is 29.4 Å². The molecule has 1 amide bonds. The molecule has 32 heavy (non-hydrogen) atoms. The lowest BCUT2D eigenvalue weighted by Gasteiger charge is -2.31. The molecule has 2 aromatic rings. The number of nitrogens with one attached hydrogen (secondary N) is 1. The molecule has 0 aliphatic carbocycles. The zero-order chi connectivity index (χ0) is 22.5. The number of aromatic nitrogens is 2. The summed E-state index contributed by atoms with van der Waals surface area (Å²) in [4.78, 5) is 26.2. The lowest BCUT2D eigenvalue weighted by molar-refractivity contribution is -0.129. The maximum atomic E-state index is 12.0. The molecule has 4 rings (SSSR count). The second-order valence-corrected chi connectivity index (χ2v) is 9.00. The predicted molar refractivity (Wildman–Crippen MR) is 126 cm³/mol. The largest absolute Gasteiger partial charge is 0.497 e. The van der Waals surface area contributed by atoms with Crippen molar-refractivity contribution in [2.45, 2.75) is 51.5 Å². The molecule has 1 aromatic heterocycles. The average molecular weight is 438 g/mol. The molecule has 2 aliphatic rings. The maximum absolute atomic E-state index is 12.0. The molecule has 0 saturated carbocycles. The number of rotatable bonds is 7. The van der Waals surface area contributed by atoms with Crippen LogP contribution in [-0.4, -0.2) is 66.0 Å². The van der Waals surface area contributed by atoms with Gasteiger partial charge in [-0.15, -0.1) is 0 Å². The highest BCUT2D eigenvalue weighted by atomic mass is 16.5. The molecule has 0 radical (unpaired) electrons. The molecular weight excluding hydrogens is 402 g/mol. The van der Waals surface area contributed by atoms with Crippen molar-refractivity contribution >= 4 is 11.7 Å². The van der Waals surface area contributed by atoms with Crippen LogP contribution in [0.25, 0.3) is 0 Å². The molecule has 7 nitrogen and oxygen atoms in total. The number of aryl methyl sites for hydroxylation is 1. The van der Waals surface area contributed by atoms with Gasteiger partial charge < -0.3 is 19.9 Å². The maximum Gasteiger partial charge on any atom is 0.219 e. The molecule has 2 aliphatic heterocycles. The monoisotopic (exact) mass is 437 g/mol. The highest BCUT2D eigenvalue weighted by Gasteiger charge is 2.27. The van der Waals surface area contributed by atoms with Gasteiger partial charge in [-0.05, 0) is 63.5 Å². The van der Waals surface area contributed by atoms with Crippen LogP contribution in [0.4, 0.5) is 5.82 Å². The van der Waals surface area contributed by atoms with Crippen molar-refractivity contribution in [1.29, 1.82) is 0 Å². The fourth-order valence-corrected chi connectivity index (χ4v) is 4.59. The summed E-state index contributed by atoms with van der Waals surface area (Å²) in [5, 5.41) is 3.59. The van der Waals surface area contributed by atoms with E-state index in [4.69, 9.17) is 14.7 Å². The van der Waals surface area contributed by atoms with E-state index < -0.39 is 0 Å². The number of piperidine rings is 1. The Kier molecular flexibility index (Phi) is 7.25. The fraction of sp³-hybridized carbons (Fsp3) is 0.560. The van der Waals surface area contributed by atoms with Crippen LogP contribution in [-0.2, 0) is 24.2 Å². The molecule has 7 heteroatoms. The zero-order valence-electron chi connectivity index (χ0n) is 19.6. The number of amides is 1. The van der Waals surface area contributed by atoms with Crippen LogP contribution in [0.3, 0.4) is 0 Å². The SMILES string of the molecule is COc1ccc(CCCNc2nc(C3CCN(C)CC3)nc3c2CN(C(C)=O)CC3)cc1. The first-order valence-electron chi connectivity index (χ1n) is 11.7. The van der Waals surface area contributed by atoms with Gasteiger partial charge in [-0.1, -0.05) is 12.1 Å². The van der Waals surface area contributed by atoms with Crippen molar-refractivity contribution in [1.82, 2.24) is 19.8 Å². The van der Waals surface area contributed by atoms with Crippen molar-refractivity contribution in [2.24, 2.45) is 0 Å². The highest BCUT2D eigenvalue weighted by molar-refractivity contribution is 5.74. The molecule has 0 unspecified atom stereocenters. The van der Waals surface area contributed by atoms with Crippen molar-refractivity contribution < 1.29 is 9.53 Å². The average Bonchev–Trinajstić information content (AvgIpc) is 2.82. The van der Waals surface area contributed by atoms with Crippen LogP contribution in [0.5, 0.6) is 5.75 Å². The molecule has 1 saturated heterocycles. The van der Waals surface area contributed by atoms with E-state index in [1.807, 2.05) is 17.0 Å². The number of carbonyl (C=O) groups is 1. The third-order valence-electron chi connectivity index (χ3n) is 6.70. The number of fused-ring (bicyclic) bond motifs is 1. The first-order chi connectivity index (χ1) is 15.5. The molecule has 0 atom stereocenters. The summed E-state index contributed by atoms with van der Waals surface area (Å²) < 4.78 is 5.24. The summed E-state index contributed by atoms with van der Waals surface area (Å²) in [6, 6.07) is 8.25. The van der Waals surface area contributed by atoms with Gasteiger partial charge in [-0.25, -0.2) is 9.97 Å². The van der Waals surface area contributed by atoms with Crippen molar-refractivity contribution in [3.8, 4) is 5.75 Å². The van der Waals surface area contributed by atoms with Gasteiger partial charge in [-0.2, -0.15) is 0 Å². The number of benzene rings is 1. The van der Waals surface area contributed by atoms with Crippen LogP contribution >= 0.6 is 0 Å². The molecule has 1 fully saturated rings. The number of carbonyl (C=O) groups excluding carboxylic acids is 1. The van der Waals surface area contributed by atoms with Crippen LogP contribution in [0.1, 0.15) is 54.7 Å². The number of likely N-dealkylation sites (tertiary alicyclic amines) is 1. The van der Waals surface area contributed by atoms with Gasteiger partial charge in [0.1, 0.15) is 17.4 Å². The fourth-order valence-electron chi connectivity index (χ4n) is 4.59. The lowest BCUT2D eigenvalue weighted by atomic mass is 9.95. The van der Waals surface area contributed by atoms with E-state index in [1.165, 1.54) is 5.56 Å². The number of nitrogens with zero attached hydrogens (tertiary/aromatic N) is 4. The Bertz CT molecular complexity index is 923. The zero-order valence-corrected chi connectivity index (χ0v) is 19.6. The summed E-state index contributed by atoms with van der Waals surface area (Å²) in [6.45, 7) is 5.99. The Balaban J connectivity index is 1.46. The van der Waals surface area contributed by atoms with Gasteiger partial charge in [-0.3, -0.25) is 4.79 Å². The van der Waals surface area contributed by atoms with Crippen LogP contribution in [0, 0.1) is 0 Å². The minimum absolute atomic E-state index is 0.112. The summed E-state index contributed by atoms with van der Waals surface area (Å²) in [5.74, 6) is 3.31. The minimum Gasteiger partial charge on any atom is -0.497 e. The Morgan fingerprint density at radius 1 is 1.16 bits per heavy atom. The van der Waals surface area contributed by atoms with E-state index in [0.717, 1.165) is 86.9 Å². The van der Waals surface area contributed by atoms with Gasteiger partial charge >= 0.3 is 0 Å². The Labute approximate surface area is 191 Å². The summed E-state index contributed by atoms with van der Waals surface area (Å²) in [6.07, 6.45) is 5.01. The number of hydrogen-bond donors (Lipinski definition) is 1. The normalized spacial score (nSPS) is 17.2. The third kappa shape index (κ3) is 5.38. The molecule has 0 bridgehead atoms. The van der Waals surface area contributed by atoms with Crippen LogP contribution < -0.4 is 10.1 Å². The van der Waals surface area contributed by atoms with Crippen molar-refractivity contribution in [2.75, 3.05) is 45.7 Å². The topological polar surface area (TPSA) is 70.6 Å². The molecule has 0 spiro atoms. The second-order valence-electron chi connectivity index (χ2n) is 9.00. The van der Waals surface area contributed by atoms with E-state index in [9.17, 15) is 4.79 Å². The number of hydrogen-bond acceptors (Lipinski definition) is 6. The standard InChI is InChI=1S/C25H35N5O2/c1-18(31)30-16-12-23-22(17-30)25(28-24(27-23)20-10-14-29(2)15-11-20)26-13-4-5-19-6-8-21(32-3)9-7-19/h6-9,20H,4-5,10-17H2,1-3H3,(H,26,27,28). The van der Waals surface area contributed by atoms with E-state index >= 15 is 0 Å². The van der Waals surface area contributed by atoms with Gasteiger partial charge in [0.25, 0.3) is 0 Å². The quantitative estimate of drug-likeness (QED) is 0.671. The predicted octanol–water partition coefficient (Wildman–Crippen LogP) is 3.24. The molecule has 1 N–H and O–H groups in total. The Morgan fingerprint density at radius 2 is 1.91 bits per heavy atom. The number of ether oxygens (including phenoxy) is 1. The highest BCUT2D eigenvalue weighted by Crippen LogP contribution is 2.30. The lowest BCUT2D eigenvalue weighted by Crippen LogP contribution is -2.36. The van der Waals surface area contributed by atoms with E-state index in [-0.39, 0.29) is 5.91 Å². The van der Waals surface area contributed by atoms with Gasteiger partial charge in [0.05, 0.1) is 19.3 Å². The first-order valence-corrected chi connectivity index (χ1v) is 11.7. The van der Waals surface area contributed by atoms with Gasteiger partial charge in [0.2, 0.25) is 5.91 Å². The van der Waals surface area contributed by atoms with Crippen molar-refractivity contribution in [3.05, 3.63) is 46.9 Å². The smallest absolute Gasteiger partial charge is 0.219 e. The summed E-state index contributed by atoms with van der Waals surface area (Å²) in [7, 11) is 3.87. The summed E-state index contributed by atoms with van der Waals surface area (Å²) in [5.41, 5.74) is 3.50. The summed E-state index contributed by atoms with van der Waals surface area (Å²) >= 11 is 0. The van der Waals surface area contributed by atoms with Crippen LogP contribution in [0.15, 0.2) is 24.3 Å². The Morgan fingerprint density at radius 3 is 2.59 bits per heavy atom. The van der Waals surface area contributed by atoms with Gasteiger partial charge in [0, 0.05) is 37.9 Å². The van der Waals surface area contributed by atoms with Gasteiger partial charge in [0.15, 0.2) is 0 Å². The minimum atomic E-state index is 0.112. The van der Waals surface area contributed by atoms with Crippen LogP contribution in [0.2, 0.25) is 0 Å². The Hall–Kier alpha value is -2.67. The van der Waals surface area contributed by atoms with Crippen molar-refractivity contribution in [3.63, 3.8) is 0 Å². The number of methoxy groups -OCH3 is 1. The van der Waals surface area contributed by atoms with E-state index in [0.29, 0.717) is 12.5 Å². The molecule has 3 heterocycles. The van der Waals surface area contributed by atoms with E-state index in [1.54, 1.807) is 14.0 Å². The first kappa shape index (κ1) is 22.5. The number of anilines is 1. The molecule has 1 aromatic carbocycles. The molecule has 172 valence electrons. The third-order valence-corrected chi connectivity index (χ3v) is 6.70. The molecular formula is C25H35N5O2. The second kappa shape index (κ2) is 10.3.